The van der Waals surface area contributed by atoms with E-state index in [1.807, 2.05) is 0 Å². The average Bonchev–Trinajstić information content (AvgIpc) is 2.77. The lowest BCUT2D eigenvalue weighted by Crippen LogP contribution is -2.45. The van der Waals surface area contributed by atoms with Crippen LogP contribution in [-0.2, 0) is 9.53 Å². The topological polar surface area (TPSA) is 41.6 Å². The SMILES string of the molecule is COC(=O)CCCN1CCCC2CNCC21. The van der Waals surface area contributed by atoms with Crippen molar-refractivity contribution in [1.29, 1.82) is 0 Å². The van der Waals surface area contributed by atoms with Crippen LogP contribution in [0.2, 0.25) is 0 Å². The Morgan fingerprint density at radius 1 is 1.50 bits per heavy atom. The van der Waals surface area contributed by atoms with Gasteiger partial charge in [-0.05, 0) is 44.8 Å². The molecular formula is C12H22N2O2. The zero-order chi connectivity index (χ0) is 11.4. The first-order chi connectivity index (χ1) is 7.81. The number of rotatable bonds is 4. The highest BCUT2D eigenvalue weighted by Gasteiger charge is 2.34. The summed E-state index contributed by atoms with van der Waals surface area (Å²) in [5, 5.41) is 3.47. The summed E-state index contributed by atoms with van der Waals surface area (Å²) >= 11 is 0. The second-order valence-corrected chi connectivity index (χ2v) is 4.84. The van der Waals surface area contributed by atoms with Gasteiger partial charge in [-0.25, -0.2) is 0 Å². The average molecular weight is 226 g/mol. The molecule has 16 heavy (non-hydrogen) atoms. The van der Waals surface area contributed by atoms with Crippen LogP contribution < -0.4 is 5.32 Å². The number of nitrogens with zero attached hydrogens (tertiary/aromatic N) is 1. The minimum atomic E-state index is -0.0851. The van der Waals surface area contributed by atoms with E-state index in [1.165, 1.54) is 33.0 Å². The molecule has 0 saturated carbocycles. The Balaban J connectivity index is 1.73. The lowest BCUT2D eigenvalue weighted by molar-refractivity contribution is -0.140. The van der Waals surface area contributed by atoms with Crippen molar-refractivity contribution in [3.05, 3.63) is 0 Å². The number of hydrogen-bond acceptors (Lipinski definition) is 4. The van der Waals surface area contributed by atoms with Crippen LogP contribution in [0.1, 0.15) is 25.7 Å². The van der Waals surface area contributed by atoms with E-state index in [2.05, 4.69) is 15.0 Å². The van der Waals surface area contributed by atoms with E-state index in [9.17, 15) is 4.79 Å². The van der Waals surface area contributed by atoms with Gasteiger partial charge >= 0.3 is 5.97 Å². The maximum absolute atomic E-state index is 11.0. The molecule has 0 aromatic carbocycles. The maximum Gasteiger partial charge on any atom is 0.305 e. The number of hydrogen-bond donors (Lipinski definition) is 1. The molecule has 2 atom stereocenters. The number of ether oxygens (including phenoxy) is 1. The van der Waals surface area contributed by atoms with Gasteiger partial charge in [0.2, 0.25) is 0 Å². The first-order valence-corrected chi connectivity index (χ1v) is 6.33. The van der Waals surface area contributed by atoms with Crippen molar-refractivity contribution in [2.75, 3.05) is 33.3 Å². The lowest BCUT2D eigenvalue weighted by atomic mass is 9.92. The predicted molar refractivity (Wildman–Crippen MR) is 62.2 cm³/mol. The minimum Gasteiger partial charge on any atom is -0.469 e. The third kappa shape index (κ3) is 2.74. The molecule has 0 aromatic rings. The summed E-state index contributed by atoms with van der Waals surface area (Å²) in [5.74, 6) is 0.755. The third-order valence-electron chi connectivity index (χ3n) is 3.85. The third-order valence-corrected chi connectivity index (χ3v) is 3.85. The Kier molecular flexibility index (Phi) is 4.18. The lowest BCUT2D eigenvalue weighted by Gasteiger charge is -2.36. The Hall–Kier alpha value is -0.610. The molecule has 0 radical (unpaired) electrons. The summed E-state index contributed by atoms with van der Waals surface area (Å²) in [6, 6.07) is 0.714. The molecule has 92 valence electrons. The molecule has 0 spiro atoms. The molecule has 0 aromatic heterocycles. The Morgan fingerprint density at radius 2 is 2.38 bits per heavy atom. The fourth-order valence-electron chi connectivity index (χ4n) is 2.97. The Morgan fingerprint density at radius 3 is 3.19 bits per heavy atom. The molecular weight excluding hydrogens is 204 g/mol. The largest absolute Gasteiger partial charge is 0.469 e. The molecule has 0 amide bonds. The van der Waals surface area contributed by atoms with Crippen molar-refractivity contribution in [2.45, 2.75) is 31.7 Å². The molecule has 0 bridgehead atoms. The first kappa shape index (κ1) is 11.9. The second-order valence-electron chi connectivity index (χ2n) is 4.84. The van der Waals surface area contributed by atoms with Crippen molar-refractivity contribution >= 4 is 5.97 Å². The van der Waals surface area contributed by atoms with Gasteiger partial charge in [0.05, 0.1) is 7.11 Å². The zero-order valence-corrected chi connectivity index (χ0v) is 10.1. The van der Waals surface area contributed by atoms with Crippen molar-refractivity contribution in [2.24, 2.45) is 5.92 Å². The summed E-state index contributed by atoms with van der Waals surface area (Å²) in [6.45, 7) is 4.54. The minimum absolute atomic E-state index is 0.0851. The monoisotopic (exact) mass is 226 g/mol. The number of fused-ring (bicyclic) bond motifs is 1. The van der Waals surface area contributed by atoms with Gasteiger partial charge in [-0.3, -0.25) is 9.69 Å². The smallest absolute Gasteiger partial charge is 0.305 e. The molecule has 2 saturated heterocycles. The maximum atomic E-state index is 11.0. The highest BCUT2D eigenvalue weighted by molar-refractivity contribution is 5.69. The van der Waals surface area contributed by atoms with E-state index < -0.39 is 0 Å². The summed E-state index contributed by atoms with van der Waals surface area (Å²) in [6.07, 6.45) is 4.15. The molecule has 0 aliphatic carbocycles. The van der Waals surface area contributed by atoms with Gasteiger partial charge in [0.1, 0.15) is 0 Å². The van der Waals surface area contributed by atoms with E-state index in [0.29, 0.717) is 12.5 Å². The number of methoxy groups -OCH3 is 1. The quantitative estimate of drug-likeness (QED) is 0.714. The number of carbonyl (C=O) groups excluding carboxylic acids is 1. The van der Waals surface area contributed by atoms with Gasteiger partial charge in [0.15, 0.2) is 0 Å². The Bertz CT molecular complexity index is 245. The van der Waals surface area contributed by atoms with Crippen molar-refractivity contribution in [1.82, 2.24) is 10.2 Å². The van der Waals surface area contributed by atoms with Crippen LogP contribution in [0.4, 0.5) is 0 Å². The highest BCUT2D eigenvalue weighted by atomic mass is 16.5. The van der Waals surface area contributed by atoms with Crippen molar-refractivity contribution in [3.63, 3.8) is 0 Å². The second kappa shape index (κ2) is 5.64. The normalized spacial score (nSPS) is 30.1. The predicted octanol–water partition coefficient (Wildman–Crippen LogP) is 0.623. The van der Waals surface area contributed by atoms with Gasteiger partial charge in [0.25, 0.3) is 0 Å². The van der Waals surface area contributed by atoms with Crippen molar-refractivity contribution < 1.29 is 9.53 Å². The van der Waals surface area contributed by atoms with Crippen LogP contribution in [0.15, 0.2) is 0 Å². The number of carbonyl (C=O) groups is 1. The van der Waals surface area contributed by atoms with Gasteiger partial charge in [-0.2, -0.15) is 0 Å². The molecule has 2 unspecified atom stereocenters. The summed E-state index contributed by atoms with van der Waals surface area (Å²) in [7, 11) is 1.46. The Labute approximate surface area is 97.3 Å². The number of likely N-dealkylation sites (tertiary alicyclic amines) is 1. The van der Waals surface area contributed by atoms with Crippen LogP contribution >= 0.6 is 0 Å². The van der Waals surface area contributed by atoms with Crippen LogP contribution in [-0.4, -0.2) is 50.2 Å². The highest BCUT2D eigenvalue weighted by Crippen LogP contribution is 2.26. The van der Waals surface area contributed by atoms with Gasteiger partial charge in [-0.15, -0.1) is 0 Å². The fraction of sp³-hybridized carbons (Fsp3) is 0.917. The van der Waals surface area contributed by atoms with Crippen LogP contribution in [0.25, 0.3) is 0 Å². The zero-order valence-electron chi connectivity index (χ0n) is 10.1. The fourth-order valence-corrected chi connectivity index (χ4v) is 2.97. The molecule has 2 aliphatic rings. The molecule has 2 aliphatic heterocycles. The van der Waals surface area contributed by atoms with E-state index in [0.717, 1.165) is 25.4 Å². The van der Waals surface area contributed by atoms with Crippen LogP contribution in [0.3, 0.4) is 0 Å². The van der Waals surface area contributed by atoms with E-state index in [4.69, 9.17) is 0 Å². The van der Waals surface area contributed by atoms with Gasteiger partial charge < -0.3 is 10.1 Å². The summed E-state index contributed by atoms with van der Waals surface area (Å²) in [4.78, 5) is 13.6. The van der Waals surface area contributed by atoms with E-state index in [1.54, 1.807) is 0 Å². The molecule has 4 heteroatoms. The first-order valence-electron chi connectivity index (χ1n) is 6.33. The molecule has 4 nitrogen and oxygen atoms in total. The molecule has 2 rings (SSSR count). The van der Waals surface area contributed by atoms with Crippen LogP contribution in [0.5, 0.6) is 0 Å². The van der Waals surface area contributed by atoms with Gasteiger partial charge in [0, 0.05) is 19.0 Å². The summed E-state index contributed by atoms with van der Waals surface area (Å²) < 4.78 is 4.66. The standard InChI is InChI=1S/C12H22N2O2/c1-16-12(15)5-3-7-14-6-2-4-10-8-13-9-11(10)14/h10-11,13H,2-9H2,1H3. The van der Waals surface area contributed by atoms with E-state index in [-0.39, 0.29) is 5.97 Å². The van der Waals surface area contributed by atoms with Crippen molar-refractivity contribution in [3.8, 4) is 0 Å². The van der Waals surface area contributed by atoms with Crippen LogP contribution in [0, 0.1) is 5.92 Å². The summed E-state index contributed by atoms with van der Waals surface area (Å²) in [5.41, 5.74) is 0. The molecule has 2 fully saturated rings. The van der Waals surface area contributed by atoms with E-state index >= 15 is 0 Å². The number of piperidine rings is 1. The number of esters is 1. The number of nitrogens with one attached hydrogen (secondary N) is 1. The molecule has 1 N–H and O–H groups in total. The molecule has 2 heterocycles. The van der Waals surface area contributed by atoms with Gasteiger partial charge in [-0.1, -0.05) is 0 Å².